The van der Waals surface area contributed by atoms with Crippen LogP contribution in [0, 0.1) is 0 Å². The number of hydrogen-bond donors (Lipinski definition) is 2. The van der Waals surface area contributed by atoms with Gasteiger partial charge in [0.1, 0.15) is 10.6 Å². The van der Waals surface area contributed by atoms with Crippen molar-refractivity contribution in [3.05, 3.63) is 16.1 Å². The van der Waals surface area contributed by atoms with Crippen LogP contribution in [0.4, 0.5) is 0 Å². The van der Waals surface area contributed by atoms with Gasteiger partial charge in [-0.05, 0) is 19.3 Å². The van der Waals surface area contributed by atoms with E-state index in [1.165, 1.54) is 0 Å². The Morgan fingerprint density at radius 3 is 2.70 bits per heavy atom. The van der Waals surface area contributed by atoms with E-state index in [1.54, 1.807) is 11.3 Å². The van der Waals surface area contributed by atoms with Crippen molar-refractivity contribution in [2.45, 2.75) is 43.6 Å². The fraction of sp³-hybridized carbons (Fsp3) is 0.812. The summed E-state index contributed by atoms with van der Waals surface area (Å²) in [6.45, 7) is 5.94. The second kappa shape index (κ2) is 6.38. The molecule has 6 nitrogen and oxygen atoms in total. The zero-order valence-corrected chi connectivity index (χ0v) is 14.2. The lowest BCUT2D eigenvalue weighted by atomic mass is 9.88. The highest BCUT2D eigenvalue weighted by Crippen LogP contribution is 2.35. The maximum Gasteiger partial charge on any atom is 0.110 e. The minimum atomic E-state index is -0.777. The Morgan fingerprint density at radius 2 is 2.09 bits per heavy atom. The summed E-state index contributed by atoms with van der Waals surface area (Å²) < 4.78 is 5.26. The molecule has 0 aliphatic carbocycles. The summed E-state index contributed by atoms with van der Waals surface area (Å²) in [7, 11) is 0. The van der Waals surface area contributed by atoms with Gasteiger partial charge in [0.25, 0.3) is 0 Å². The number of thiazole rings is 1. The molecule has 4 rings (SSSR count). The largest absolute Gasteiger partial charge is 0.392 e. The normalized spacial score (nSPS) is 29.7. The first-order valence-electron chi connectivity index (χ1n) is 8.52. The maximum absolute atomic E-state index is 11.0. The van der Waals surface area contributed by atoms with Crippen molar-refractivity contribution in [3.8, 4) is 0 Å². The van der Waals surface area contributed by atoms with E-state index in [1.807, 2.05) is 5.38 Å². The van der Waals surface area contributed by atoms with E-state index in [0.717, 1.165) is 75.9 Å². The van der Waals surface area contributed by atoms with Gasteiger partial charge in [-0.2, -0.15) is 0 Å². The van der Waals surface area contributed by atoms with Gasteiger partial charge < -0.3 is 14.9 Å². The number of aliphatic hydroxyl groups excluding tert-OH is 1. The molecule has 0 aromatic carbocycles. The van der Waals surface area contributed by atoms with Crippen LogP contribution in [0.5, 0.6) is 0 Å². The Bertz CT molecular complexity index is 540. The molecule has 23 heavy (non-hydrogen) atoms. The number of β-amino-alcohol motifs (C(OH)–C–C–N with tert-alkyl or cyclic N) is 1. The van der Waals surface area contributed by atoms with E-state index >= 15 is 0 Å². The predicted octanol–water partition coefficient (Wildman–Crippen LogP) is 0.392. The molecule has 0 radical (unpaired) electrons. The van der Waals surface area contributed by atoms with E-state index in [4.69, 9.17) is 9.72 Å². The van der Waals surface area contributed by atoms with Crippen molar-refractivity contribution < 1.29 is 14.9 Å². The Hall–Kier alpha value is -0.570. The molecule has 0 bridgehead atoms. The molecule has 3 aliphatic rings. The highest BCUT2D eigenvalue weighted by Gasteiger charge is 2.39. The standard InChI is InChI=1S/C16H25N3O3S/c20-13-1-4-18(7-13)8-15-17-14(11-23-15)16(21)2-5-19(6-3-16)12-9-22-10-12/h11-13,20-21H,1-10H2. The lowest BCUT2D eigenvalue weighted by Gasteiger charge is -2.43. The van der Waals surface area contributed by atoms with Gasteiger partial charge >= 0.3 is 0 Å². The van der Waals surface area contributed by atoms with Crippen molar-refractivity contribution in [1.29, 1.82) is 0 Å². The van der Waals surface area contributed by atoms with Gasteiger partial charge in [0.2, 0.25) is 0 Å². The molecule has 1 atom stereocenters. The van der Waals surface area contributed by atoms with Crippen molar-refractivity contribution in [1.82, 2.24) is 14.8 Å². The number of piperidine rings is 1. The van der Waals surface area contributed by atoms with Crippen LogP contribution >= 0.6 is 11.3 Å². The zero-order valence-electron chi connectivity index (χ0n) is 13.4. The van der Waals surface area contributed by atoms with Crippen molar-refractivity contribution >= 4 is 11.3 Å². The molecular weight excluding hydrogens is 314 g/mol. The van der Waals surface area contributed by atoms with Crippen LogP contribution in [0.25, 0.3) is 0 Å². The molecule has 1 unspecified atom stereocenters. The third-order valence-corrected chi connectivity index (χ3v) is 6.23. The molecule has 4 heterocycles. The van der Waals surface area contributed by atoms with E-state index in [-0.39, 0.29) is 6.10 Å². The summed E-state index contributed by atoms with van der Waals surface area (Å²) in [6.07, 6.45) is 2.14. The van der Waals surface area contributed by atoms with Crippen LogP contribution in [0.15, 0.2) is 5.38 Å². The van der Waals surface area contributed by atoms with Gasteiger partial charge in [-0.15, -0.1) is 11.3 Å². The summed E-state index contributed by atoms with van der Waals surface area (Å²) in [5.41, 5.74) is 0.0576. The summed E-state index contributed by atoms with van der Waals surface area (Å²) in [4.78, 5) is 9.36. The Balaban J connectivity index is 1.36. The number of rotatable bonds is 4. The lowest BCUT2D eigenvalue weighted by molar-refractivity contribution is -0.102. The molecule has 3 aliphatic heterocycles. The minimum absolute atomic E-state index is 0.196. The predicted molar refractivity (Wildman–Crippen MR) is 87.3 cm³/mol. The Kier molecular flexibility index (Phi) is 4.42. The number of nitrogens with zero attached hydrogens (tertiary/aromatic N) is 3. The van der Waals surface area contributed by atoms with Gasteiger partial charge in [-0.25, -0.2) is 4.98 Å². The summed E-state index contributed by atoms with van der Waals surface area (Å²) >= 11 is 1.62. The molecule has 1 aromatic heterocycles. The molecule has 7 heteroatoms. The van der Waals surface area contributed by atoms with Crippen molar-refractivity contribution in [3.63, 3.8) is 0 Å². The number of aromatic nitrogens is 1. The highest BCUT2D eigenvalue weighted by molar-refractivity contribution is 7.09. The van der Waals surface area contributed by atoms with Crippen LogP contribution in [-0.2, 0) is 16.9 Å². The first kappa shape index (κ1) is 15.9. The molecule has 128 valence electrons. The average Bonchev–Trinajstić information content (AvgIpc) is 3.10. The Labute approximate surface area is 140 Å². The van der Waals surface area contributed by atoms with Crippen LogP contribution in [-0.4, -0.2) is 76.5 Å². The fourth-order valence-corrected chi connectivity index (χ4v) is 4.62. The molecule has 0 amide bonds. The van der Waals surface area contributed by atoms with Crippen molar-refractivity contribution in [2.24, 2.45) is 0 Å². The quantitative estimate of drug-likeness (QED) is 0.827. The molecular formula is C16H25N3O3S. The smallest absolute Gasteiger partial charge is 0.110 e. The van der Waals surface area contributed by atoms with Crippen LogP contribution in [0.2, 0.25) is 0 Å². The van der Waals surface area contributed by atoms with Crippen molar-refractivity contribution in [2.75, 3.05) is 39.4 Å². The van der Waals surface area contributed by atoms with Gasteiger partial charge in [-0.1, -0.05) is 0 Å². The van der Waals surface area contributed by atoms with E-state index in [0.29, 0.717) is 6.04 Å². The van der Waals surface area contributed by atoms with Crippen LogP contribution < -0.4 is 0 Å². The molecule has 0 saturated carbocycles. The minimum Gasteiger partial charge on any atom is -0.392 e. The van der Waals surface area contributed by atoms with Crippen LogP contribution in [0.3, 0.4) is 0 Å². The first-order valence-corrected chi connectivity index (χ1v) is 9.40. The highest BCUT2D eigenvalue weighted by atomic mass is 32.1. The Morgan fingerprint density at radius 1 is 1.30 bits per heavy atom. The third-order valence-electron chi connectivity index (χ3n) is 5.40. The molecule has 0 spiro atoms. The molecule has 3 fully saturated rings. The van der Waals surface area contributed by atoms with Gasteiger partial charge in [-0.3, -0.25) is 9.80 Å². The first-order chi connectivity index (χ1) is 11.1. The van der Waals surface area contributed by atoms with E-state index in [2.05, 4.69) is 9.80 Å². The van der Waals surface area contributed by atoms with E-state index in [9.17, 15) is 10.2 Å². The summed E-state index contributed by atoms with van der Waals surface area (Å²) in [5, 5.41) is 23.6. The van der Waals surface area contributed by atoms with Crippen LogP contribution in [0.1, 0.15) is 30.0 Å². The molecule has 2 N–H and O–H groups in total. The summed E-state index contributed by atoms with van der Waals surface area (Å²) in [6, 6.07) is 0.548. The fourth-order valence-electron chi connectivity index (χ4n) is 3.69. The van der Waals surface area contributed by atoms with Gasteiger partial charge in [0.05, 0.1) is 37.6 Å². The monoisotopic (exact) mass is 339 g/mol. The maximum atomic E-state index is 11.0. The topological polar surface area (TPSA) is 69.1 Å². The van der Waals surface area contributed by atoms with Gasteiger partial charge in [0, 0.05) is 31.6 Å². The van der Waals surface area contributed by atoms with E-state index < -0.39 is 5.60 Å². The van der Waals surface area contributed by atoms with Gasteiger partial charge in [0.15, 0.2) is 0 Å². The summed E-state index contributed by atoms with van der Waals surface area (Å²) in [5.74, 6) is 0. The third kappa shape index (κ3) is 3.31. The lowest BCUT2D eigenvalue weighted by Crippen LogP contribution is -2.54. The zero-order chi connectivity index (χ0) is 15.9. The number of likely N-dealkylation sites (tertiary alicyclic amines) is 2. The SMILES string of the molecule is OC1CCN(Cc2nc(C3(O)CCN(C4COC4)CC3)cs2)C1. The average molecular weight is 339 g/mol. The number of hydrogen-bond acceptors (Lipinski definition) is 7. The number of ether oxygens (including phenoxy) is 1. The second-order valence-corrected chi connectivity index (χ2v) is 8.01. The molecule has 3 saturated heterocycles. The second-order valence-electron chi connectivity index (χ2n) is 7.06. The number of aliphatic hydroxyl groups is 2. The molecule has 1 aromatic rings.